The van der Waals surface area contributed by atoms with Crippen molar-refractivity contribution < 1.29 is 22.4 Å². The first-order valence-corrected chi connectivity index (χ1v) is 12.4. The average molecular weight is 513 g/mol. The number of nitrogens with one attached hydrogen (secondary N) is 1. The maximum Gasteiger partial charge on any atom is 0.401 e. The van der Waals surface area contributed by atoms with Crippen molar-refractivity contribution >= 4 is 11.7 Å². The standard InChI is InChI=1S/C28H28F4N4O/c1-16-12-23-20(6-9-34-27(23)37)13-21(16)24-14-22(25(29)35-26(24)33)19-4-2-17(3-5-19)18-7-10-36(11-8-18)15-28(30,31)32/h2-5,12-14,18H,6-11,15H2,1H3,(H2,33,35)(H,34,37). The molecule has 3 aromatic rings. The molecule has 0 unspecified atom stereocenters. The van der Waals surface area contributed by atoms with E-state index in [0.717, 1.165) is 22.3 Å². The number of benzene rings is 2. The number of likely N-dealkylation sites (tertiary alicyclic amines) is 1. The van der Waals surface area contributed by atoms with Gasteiger partial charge in [0.1, 0.15) is 5.82 Å². The predicted molar refractivity (Wildman–Crippen MR) is 135 cm³/mol. The number of hydrogen-bond acceptors (Lipinski definition) is 4. The minimum absolute atomic E-state index is 0.0757. The van der Waals surface area contributed by atoms with Crippen LogP contribution in [0.3, 0.4) is 0 Å². The summed E-state index contributed by atoms with van der Waals surface area (Å²) in [6, 6.07) is 12.9. The van der Waals surface area contributed by atoms with Gasteiger partial charge >= 0.3 is 6.18 Å². The summed E-state index contributed by atoms with van der Waals surface area (Å²) in [6.07, 6.45) is -2.19. The fourth-order valence-electron chi connectivity index (χ4n) is 5.40. The number of aromatic nitrogens is 1. The van der Waals surface area contributed by atoms with E-state index in [2.05, 4.69) is 10.3 Å². The highest BCUT2D eigenvalue weighted by molar-refractivity contribution is 5.98. The Bertz CT molecular complexity index is 1330. The number of piperidine rings is 1. The number of fused-ring (bicyclic) bond motifs is 1. The Labute approximate surface area is 212 Å². The van der Waals surface area contributed by atoms with E-state index in [4.69, 9.17) is 5.73 Å². The molecular formula is C28H28F4N4O. The van der Waals surface area contributed by atoms with E-state index < -0.39 is 18.7 Å². The van der Waals surface area contributed by atoms with E-state index in [1.807, 2.05) is 43.3 Å². The number of aryl methyl sites for hydroxylation is 1. The van der Waals surface area contributed by atoms with Gasteiger partial charge in [-0.15, -0.1) is 0 Å². The van der Waals surface area contributed by atoms with Gasteiger partial charge in [-0.25, -0.2) is 4.98 Å². The Morgan fingerprint density at radius 2 is 1.73 bits per heavy atom. The van der Waals surface area contributed by atoms with Crippen LogP contribution in [0.4, 0.5) is 23.4 Å². The molecular weight excluding hydrogens is 484 g/mol. The number of carbonyl (C=O) groups is 1. The van der Waals surface area contributed by atoms with Crippen molar-refractivity contribution in [1.29, 1.82) is 0 Å². The lowest BCUT2D eigenvalue weighted by molar-refractivity contribution is -0.147. The highest BCUT2D eigenvalue weighted by Gasteiger charge is 2.32. The van der Waals surface area contributed by atoms with Gasteiger partial charge in [-0.1, -0.05) is 24.3 Å². The smallest absolute Gasteiger partial charge is 0.383 e. The third-order valence-corrected chi connectivity index (χ3v) is 7.35. The zero-order chi connectivity index (χ0) is 26.3. The highest BCUT2D eigenvalue weighted by atomic mass is 19.4. The highest BCUT2D eigenvalue weighted by Crippen LogP contribution is 2.36. The monoisotopic (exact) mass is 512 g/mol. The first-order chi connectivity index (χ1) is 17.6. The van der Waals surface area contributed by atoms with Crippen LogP contribution < -0.4 is 11.1 Å². The number of carbonyl (C=O) groups excluding carboxylic acids is 1. The zero-order valence-electron chi connectivity index (χ0n) is 20.5. The lowest BCUT2D eigenvalue weighted by Gasteiger charge is -2.32. The number of hydrogen-bond donors (Lipinski definition) is 2. The van der Waals surface area contributed by atoms with E-state index in [1.165, 1.54) is 4.90 Å². The van der Waals surface area contributed by atoms with Gasteiger partial charge < -0.3 is 11.1 Å². The molecule has 1 saturated heterocycles. The quantitative estimate of drug-likeness (QED) is 0.359. The molecule has 0 spiro atoms. The minimum atomic E-state index is -4.18. The molecule has 0 bridgehead atoms. The van der Waals surface area contributed by atoms with Gasteiger partial charge in [0, 0.05) is 23.2 Å². The van der Waals surface area contributed by atoms with Gasteiger partial charge in [-0.05, 0) is 91.2 Å². The fraction of sp³-hybridized carbons (Fsp3) is 0.357. The second kappa shape index (κ2) is 9.78. The maximum absolute atomic E-state index is 14.9. The van der Waals surface area contributed by atoms with Crippen molar-refractivity contribution in [2.45, 2.75) is 38.3 Å². The first kappa shape index (κ1) is 25.2. The number of pyridine rings is 1. The van der Waals surface area contributed by atoms with Crippen molar-refractivity contribution in [3.8, 4) is 22.3 Å². The Balaban J connectivity index is 1.39. The Kier molecular flexibility index (Phi) is 6.66. The van der Waals surface area contributed by atoms with Crippen LogP contribution in [0.25, 0.3) is 22.3 Å². The number of nitrogen functional groups attached to an aromatic ring is 1. The van der Waals surface area contributed by atoms with Crippen LogP contribution in [0.1, 0.15) is 45.8 Å². The zero-order valence-corrected chi connectivity index (χ0v) is 20.5. The molecule has 1 amide bonds. The summed E-state index contributed by atoms with van der Waals surface area (Å²) >= 11 is 0. The molecule has 0 radical (unpaired) electrons. The van der Waals surface area contributed by atoms with Crippen LogP contribution in [0, 0.1) is 12.9 Å². The Morgan fingerprint density at radius 3 is 2.41 bits per heavy atom. The molecule has 3 heterocycles. The van der Waals surface area contributed by atoms with E-state index >= 15 is 0 Å². The van der Waals surface area contributed by atoms with Crippen molar-refractivity contribution in [3.05, 3.63) is 70.7 Å². The Morgan fingerprint density at radius 1 is 1.03 bits per heavy atom. The van der Waals surface area contributed by atoms with Gasteiger partial charge in [-0.3, -0.25) is 9.69 Å². The van der Waals surface area contributed by atoms with Crippen LogP contribution in [-0.2, 0) is 6.42 Å². The van der Waals surface area contributed by atoms with Gasteiger partial charge in [0.05, 0.1) is 6.54 Å². The first-order valence-electron chi connectivity index (χ1n) is 12.4. The largest absolute Gasteiger partial charge is 0.401 e. The van der Waals surface area contributed by atoms with E-state index in [-0.39, 0.29) is 17.6 Å². The lowest BCUT2D eigenvalue weighted by Crippen LogP contribution is -2.39. The second-order valence-corrected chi connectivity index (χ2v) is 9.88. The van der Waals surface area contributed by atoms with Gasteiger partial charge in [0.25, 0.3) is 5.91 Å². The molecule has 9 heteroatoms. The summed E-state index contributed by atoms with van der Waals surface area (Å²) in [4.78, 5) is 17.6. The molecule has 1 aromatic heterocycles. The molecule has 3 N–H and O–H groups in total. The van der Waals surface area contributed by atoms with Crippen molar-refractivity contribution in [2.75, 3.05) is 31.9 Å². The van der Waals surface area contributed by atoms with Gasteiger partial charge in [-0.2, -0.15) is 17.6 Å². The molecule has 0 aliphatic carbocycles. The van der Waals surface area contributed by atoms with Crippen LogP contribution in [-0.4, -0.2) is 48.1 Å². The van der Waals surface area contributed by atoms with Crippen LogP contribution in [0.15, 0.2) is 42.5 Å². The summed E-state index contributed by atoms with van der Waals surface area (Å²) in [5.74, 6) is -0.539. The molecule has 37 heavy (non-hydrogen) atoms. The summed E-state index contributed by atoms with van der Waals surface area (Å²) < 4.78 is 53.0. The summed E-state index contributed by atoms with van der Waals surface area (Å²) in [5.41, 5.74) is 11.9. The van der Waals surface area contributed by atoms with Crippen LogP contribution in [0.2, 0.25) is 0 Å². The third-order valence-electron chi connectivity index (χ3n) is 7.35. The predicted octanol–water partition coefficient (Wildman–Crippen LogP) is 5.47. The van der Waals surface area contributed by atoms with Crippen LogP contribution >= 0.6 is 0 Å². The van der Waals surface area contributed by atoms with E-state index in [0.29, 0.717) is 61.2 Å². The molecule has 5 rings (SSSR count). The second-order valence-electron chi connectivity index (χ2n) is 9.88. The van der Waals surface area contributed by atoms with Gasteiger partial charge in [0.15, 0.2) is 0 Å². The topological polar surface area (TPSA) is 71.2 Å². The van der Waals surface area contributed by atoms with Crippen molar-refractivity contribution in [2.24, 2.45) is 0 Å². The molecule has 1 fully saturated rings. The van der Waals surface area contributed by atoms with Crippen molar-refractivity contribution in [3.63, 3.8) is 0 Å². The fourth-order valence-corrected chi connectivity index (χ4v) is 5.40. The number of nitrogens with two attached hydrogens (primary N) is 1. The number of halogens is 4. The number of nitrogens with zero attached hydrogens (tertiary/aromatic N) is 2. The van der Waals surface area contributed by atoms with Crippen molar-refractivity contribution in [1.82, 2.24) is 15.2 Å². The van der Waals surface area contributed by atoms with Gasteiger partial charge in [0.2, 0.25) is 5.95 Å². The molecule has 2 aromatic carbocycles. The number of anilines is 1. The molecule has 0 atom stereocenters. The number of rotatable bonds is 4. The molecule has 5 nitrogen and oxygen atoms in total. The molecule has 194 valence electrons. The SMILES string of the molecule is Cc1cc2c(cc1-c1cc(-c3ccc(C4CCN(CC(F)(F)F)CC4)cc3)c(F)nc1N)CCNC2=O. The summed E-state index contributed by atoms with van der Waals surface area (Å²) in [6.45, 7) is 2.36. The van der Waals surface area contributed by atoms with E-state index in [9.17, 15) is 22.4 Å². The average Bonchev–Trinajstić information content (AvgIpc) is 2.84. The minimum Gasteiger partial charge on any atom is -0.383 e. The molecule has 2 aliphatic rings. The maximum atomic E-state index is 14.9. The molecule has 2 aliphatic heterocycles. The van der Waals surface area contributed by atoms with E-state index in [1.54, 1.807) is 6.07 Å². The lowest BCUT2D eigenvalue weighted by atomic mass is 9.88. The number of alkyl halides is 3. The number of amides is 1. The summed E-state index contributed by atoms with van der Waals surface area (Å²) in [7, 11) is 0. The third kappa shape index (κ3) is 5.32. The Hall–Kier alpha value is -3.46. The van der Waals surface area contributed by atoms with Crippen LogP contribution in [0.5, 0.6) is 0 Å². The summed E-state index contributed by atoms with van der Waals surface area (Å²) in [5, 5.41) is 2.84. The molecule has 0 saturated carbocycles. The normalized spacial score (nSPS) is 16.9.